The highest BCUT2D eigenvalue weighted by atomic mass is 16.5. The van der Waals surface area contributed by atoms with E-state index in [1.165, 1.54) is 0 Å². The topological polar surface area (TPSA) is 22.1 Å². The molecule has 0 radical (unpaired) electrons. The van der Waals surface area contributed by atoms with Gasteiger partial charge in [0.25, 0.3) is 0 Å². The van der Waals surface area contributed by atoms with E-state index in [2.05, 4.69) is 71.7 Å². The fraction of sp³-hybridized carbons (Fsp3) is 0.0385. The van der Waals surface area contributed by atoms with Gasteiger partial charge in [0.1, 0.15) is 5.75 Å². The van der Waals surface area contributed by atoms with Crippen molar-refractivity contribution in [3.05, 3.63) is 132 Å². The van der Waals surface area contributed by atoms with Crippen LogP contribution in [-0.2, 0) is 0 Å². The van der Waals surface area contributed by atoms with Gasteiger partial charge in [-0.1, -0.05) is 78.9 Å². The highest BCUT2D eigenvalue weighted by Gasteiger charge is 2.16. The van der Waals surface area contributed by atoms with Crippen LogP contribution < -0.4 is 4.74 Å². The zero-order valence-corrected chi connectivity index (χ0v) is 15.7. The van der Waals surface area contributed by atoms with Crippen LogP contribution in [0.4, 0.5) is 0 Å². The molecule has 28 heavy (non-hydrogen) atoms. The number of benzene rings is 3. The van der Waals surface area contributed by atoms with Gasteiger partial charge in [-0.25, -0.2) is 0 Å². The Balaban J connectivity index is 2.05. The maximum atomic E-state index is 5.36. The lowest BCUT2D eigenvalue weighted by Gasteiger charge is -2.17. The summed E-state index contributed by atoms with van der Waals surface area (Å²) in [5.41, 5.74) is 6.61. The zero-order chi connectivity index (χ0) is 19.2. The predicted octanol–water partition coefficient (Wildman–Crippen LogP) is 6.10. The molecule has 1 heterocycles. The maximum absolute atomic E-state index is 5.36. The van der Waals surface area contributed by atoms with Crippen molar-refractivity contribution >= 4 is 11.1 Å². The van der Waals surface area contributed by atoms with Crippen molar-refractivity contribution in [2.45, 2.75) is 0 Å². The molecular weight excluding hydrogens is 342 g/mol. The summed E-state index contributed by atoms with van der Waals surface area (Å²) in [5, 5.41) is 0. The molecule has 0 N–H and O–H groups in total. The lowest BCUT2D eigenvalue weighted by molar-refractivity contribution is 0.415. The monoisotopic (exact) mass is 363 g/mol. The van der Waals surface area contributed by atoms with Gasteiger partial charge in [0.05, 0.1) is 12.8 Å². The molecule has 0 aliphatic carbocycles. The normalized spacial score (nSPS) is 11.6. The van der Waals surface area contributed by atoms with E-state index in [9.17, 15) is 0 Å². The molecule has 3 aromatic carbocycles. The minimum atomic E-state index is 0.843. The molecule has 0 fully saturated rings. The van der Waals surface area contributed by atoms with E-state index in [1.54, 1.807) is 7.11 Å². The number of nitrogens with zero attached hydrogens (tertiary/aromatic N) is 1. The first-order valence-corrected chi connectivity index (χ1v) is 9.28. The van der Waals surface area contributed by atoms with Crippen molar-refractivity contribution in [3.63, 3.8) is 0 Å². The van der Waals surface area contributed by atoms with Gasteiger partial charge in [-0.15, -0.1) is 0 Å². The maximum Gasteiger partial charge on any atom is 0.118 e. The molecule has 0 amide bonds. The number of aromatic nitrogens is 1. The largest absolute Gasteiger partial charge is 0.497 e. The van der Waals surface area contributed by atoms with Crippen molar-refractivity contribution in [2.75, 3.05) is 7.11 Å². The van der Waals surface area contributed by atoms with Crippen LogP contribution in [0.5, 0.6) is 5.75 Å². The lowest BCUT2D eigenvalue weighted by atomic mass is 9.87. The van der Waals surface area contributed by atoms with Crippen LogP contribution in [0.3, 0.4) is 0 Å². The fourth-order valence-corrected chi connectivity index (χ4v) is 3.35. The van der Waals surface area contributed by atoms with Crippen molar-refractivity contribution in [2.24, 2.45) is 0 Å². The molecule has 0 spiro atoms. The van der Waals surface area contributed by atoms with Crippen molar-refractivity contribution in [1.29, 1.82) is 0 Å². The summed E-state index contributed by atoms with van der Waals surface area (Å²) in [6.45, 7) is 0. The Kier molecular flexibility index (Phi) is 5.30. The second kappa shape index (κ2) is 8.36. The standard InChI is InChI=1S/C26H21NO/c1-28-23-17-15-22(16-18-23)25(20-10-4-2-5-11-20)26(21-12-6-3-7-13-21)24-14-8-9-19-27-24/h2-19H,1H3/b26-25+. The smallest absolute Gasteiger partial charge is 0.118 e. The second-order valence-electron chi connectivity index (χ2n) is 6.43. The number of pyridine rings is 1. The Morgan fingerprint density at radius 2 is 1.11 bits per heavy atom. The minimum Gasteiger partial charge on any atom is -0.497 e. The summed E-state index contributed by atoms with van der Waals surface area (Å²) in [5.74, 6) is 0.843. The van der Waals surface area contributed by atoms with Gasteiger partial charge in [-0.05, 0) is 46.5 Å². The molecule has 2 heteroatoms. The third kappa shape index (κ3) is 3.72. The van der Waals surface area contributed by atoms with Gasteiger partial charge in [0.15, 0.2) is 0 Å². The molecule has 0 bridgehead atoms. The average Bonchev–Trinajstić information content (AvgIpc) is 2.79. The van der Waals surface area contributed by atoms with E-state index < -0.39 is 0 Å². The van der Waals surface area contributed by atoms with Crippen molar-refractivity contribution in [3.8, 4) is 5.75 Å². The molecule has 0 saturated heterocycles. The summed E-state index contributed by atoms with van der Waals surface area (Å²) in [6, 6.07) is 35.2. The number of methoxy groups -OCH3 is 1. The highest BCUT2D eigenvalue weighted by Crippen LogP contribution is 2.36. The molecule has 0 aliphatic rings. The van der Waals surface area contributed by atoms with Crippen molar-refractivity contribution in [1.82, 2.24) is 4.98 Å². The summed E-state index contributed by atoms with van der Waals surface area (Å²) in [7, 11) is 1.69. The molecular formula is C26H21NO. The van der Waals surface area contributed by atoms with Crippen LogP contribution in [-0.4, -0.2) is 12.1 Å². The lowest BCUT2D eigenvalue weighted by Crippen LogP contribution is -1.99. The molecule has 0 saturated carbocycles. The first kappa shape index (κ1) is 17.7. The van der Waals surface area contributed by atoms with Crippen LogP contribution in [0.2, 0.25) is 0 Å². The minimum absolute atomic E-state index is 0.843. The molecule has 2 nitrogen and oxygen atoms in total. The van der Waals surface area contributed by atoms with Crippen molar-refractivity contribution < 1.29 is 4.74 Å². The number of rotatable bonds is 5. The molecule has 0 atom stereocenters. The van der Waals surface area contributed by atoms with Gasteiger partial charge < -0.3 is 4.74 Å². The molecule has 1 aromatic heterocycles. The van der Waals surface area contributed by atoms with E-state index >= 15 is 0 Å². The van der Waals surface area contributed by atoms with Crippen LogP contribution in [0.1, 0.15) is 22.4 Å². The second-order valence-corrected chi connectivity index (χ2v) is 6.43. The third-order valence-corrected chi connectivity index (χ3v) is 4.67. The third-order valence-electron chi connectivity index (χ3n) is 4.67. The predicted molar refractivity (Wildman–Crippen MR) is 115 cm³/mol. The quantitative estimate of drug-likeness (QED) is 0.400. The first-order chi connectivity index (χ1) is 13.9. The van der Waals surface area contributed by atoms with Gasteiger partial charge in [0, 0.05) is 11.8 Å². The Labute approximate surface area is 165 Å². The summed E-state index contributed by atoms with van der Waals surface area (Å²) < 4.78 is 5.36. The Morgan fingerprint density at radius 3 is 1.64 bits per heavy atom. The molecule has 4 rings (SSSR count). The fourth-order valence-electron chi connectivity index (χ4n) is 3.35. The van der Waals surface area contributed by atoms with E-state index in [-0.39, 0.29) is 0 Å². The molecule has 0 aliphatic heterocycles. The number of hydrogen-bond donors (Lipinski definition) is 0. The van der Waals surface area contributed by atoms with Gasteiger partial charge >= 0.3 is 0 Å². The van der Waals surface area contributed by atoms with Gasteiger partial charge in [-0.2, -0.15) is 0 Å². The van der Waals surface area contributed by atoms with Crippen LogP contribution in [0.25, 0.3) is 11.1 Å². The summed E-state index contributed by atoms with van der Waals surface area (Å²) in [4.78, 5) is 4.68. The van der Waals surface area contributed by atoms with Gasteiger partial charge in [-0.3, -0.25) is 4.98 Å². The summed E-state index contributed by atoms with van der Waals surface area (Å²) in [6.07, 6.45) is 1.84. The molecule has 0 unspecified atom stereocenters. The highest BCUT2D eigenvalue weighted by molar-refractivity contribution is 6.03. The van der Waals surface area contributed by atoms with Crippen LogP contribution in [0, 0.1) is 0 Å². The van der Waals surface area contributed by atoms with E-state index in [0.717, 1.165) is 39.3 Å². The molecule has 4 aromatic rings. The number of ether oxygens (including phenoxy) is 1. The van der Waals surface area contributed by atoms with E-state index in [0.29, 0.717) is 0 Å². The average molecular weight is 363 g/mol. The summed E-state index contributed by atoms with van der Waals surface area (Å²) >= 11 is 0. The van der Waals surface area contributed by atoms with Crippen LogP contribution >= 0.6 is 0 Å². The van der Waals surface area contributed by atoms with E-state index in [4.69, 9.17) is 4.74 Å². The molecule has 136 valence electrons. The van der Waals surface area contributed by atoms with E-state index in [1.807, 2.05) is 42.6 Å². The van der Waals surface area contributed by atoms with Crippen LogP contribution in [0.15, 0.2) is 109 Å². The number of hydrogen-bond acceptors (Lipinski definition) is 2. The zero-order valence-electron chi connectivity index (χ0n) is 15.7. The first-order valence-electron chi connectivity index (χ1n) is 9.28. The Morgan fingerprint density at radius 1 is 0.571 bits per heavy atom. The van der Waals surface area contributed by atoms with Gasteiger partial charge in [0.2, 0.25) is 0 Å². The Bertz CT molecular complexity index is 1010. The SMILES string of the molecule is COc1ccc(/C(=C(\c2ccccc2)c2ccccn2)c2ccccc2)cc1. The Hall–Kier alpha value is -3.65.